The Hall–Kier alpha value is -2.15. The molecule has 1 atom stereocenters. The number of thiazole rings is 1. The SMILES string of the molecule is COc1ncc(I)cc1OCC(=O)N1CCC(c2nc(C3=NOC(c4c(Cl)cccc4Cl)C3)cs2)CC1. The molecule has 1 unspecified atom stereocenters. The van der Waals surface area contributed by atoms with Crippen LogP contribution in [0.3, 0.4) is 0 Å². The molecule has 0 spiro atoms. The summed E-state index contributed by atoms with van der Waals surface area (Å²) in [7, 11) is 1.53. The first-order chi connectivity index (χ1) is 17.9. The number of piperidine rings is 1. The highest BCUT2D eigenvalue weighted by Crippen LogP contribution is 2.39. The van der Waals surface area contributed by atoms with Crippen LogP contribution in [-0.4, -0.2) is 53.3 Å². The van der Waals surface area contributed by atoms with E-state index in [0.717, 1.165) is 38.4 Å². The van der Waals surface area contributed by atoms with Gasteiger partial charge in [0.25, 0.3) is 11.8 Å². The van der Waals surface area contributed by atoms with E-state index in [9.17, 15) is 4.79 Å². The van der Waals surface area contributed by atoms with Crippen molar-refractivity contribution in [2.75, 3.05) is 26.8 Å². The first-order valence-corrected chi connectivity index (χ1v) is 14.4. The molecule has 0 N–H and O–H groups in total. The van der Waals surface area contributed by atoms with Crippen molar-refractivity contribution in [3.63, 3.8) is 0 Å². The van der Waals surface area contributed by atoms with E-state index in [0.29, 0.717) is 47.1 Å². The molecule has 0 radical (unpaired) electrons. The number of methoxy groups -OCH3 is 1. The number of carbonyl (C=O) groups excluding carboxylic acids is 1. The number of ether oxygens (including phenoxy) is 2. The molecule has 1 amide bonds. The van der Waals surface area contributed by atoms with Gasteiger partial charge in [-0.3, -0.25) is 4.79 Å². The molecule has 4 heterocycles. The Balaban J connectivity index is 1.14. The third-order valence-corrected chi connectivity index (χ3v) is 8.59. The fourth-order valence-electron chi connectivity index (χ4n) is 4.38. The summed E-state index contributed by atoms with van der Waals surface area (Å²) < 4.78 is 11.8. The van der Waals surface area contributed by atoms with Gasteiger partial charge >= 0.3 is 0 Å². The van der Waals surface area contributed by atoms with Crippen LogP contribution in [0.4, 0.5) is 0 Å². The maximum atomic E-state index is 12.7. The van der Waals surface area contributed by atoms with E-state index in [1.165, 1.54) is 7.11 Å². The zero-order valence-corrected chi connectivity index (χ0v) is 24.3. The molecule has 2 aliphatic heterocycles. The van der Waals surface area contributed by atoms with Crippen molar-refractivity contribution in [1.82, 2.24) is 14.9 Å². The average molecular weight is 673 g/mol. The number of pyridine rings is 1. The number of carbonyl (C=O) groups is 1. The molecule has 2 aliphatic rings. The van der Waals surface area contributed by atoms with Crippen LogP contribution in [0, 0.1) is 3.57 Å². The van der Waals surface area contributed by atoms with Crippen LogP contribution in [0.25, 0.3) is 0 Å². The lowest BCUT2D eigenvalue weighted by Gasteiger charge is -2.31. The number of amides is 1. The third kappa shape index (κ3) is 5.97. The number of hydrogen-bond acceptors (Lipinski definition) is 8. The van der Waals surface area contributed by atoms with Crippen LogP contribution < -0.4 is 9.47 Å². The molecule has 8 nitrogen and oxygen atoms in total. The maximum Gasteiger partial charge on any atom is 0.260 e. The number of aromatic nitrogens is 2. The first kappa shape index (κ1) is 26.5. The van der Waals surface area contributed by atoms with E-state index in [4.69, 9.17) is 42.5 Å². The predicted octanol–water partition coefficient (Wildman–Crippen LogP) is 6.11. The van der Waals surface area contributed by atoms with Crippen LogP contribution in [0.5, 0.6) is 11.6 Å². The molecule has 5 rings (SSSR count). The van der Waals surface area contributed by atoms with E-state index in [1.807, 2.05) is 16.3 Å². The highest BCUT2D eigenvalue weighted by Gasteiger charge is 2.30. The highest BCUT2D eigenvalue weighted by molar-refractivity contribution is 14.1. The Kier molecular flexibility index (Phi) is 8.37. The maximum absolute atomic E-state index is 12.7. The number of benzene rings is 1. The molecule has 194 valence electrons. The van der Waals surface area contributed by atoms with Crippen molar-refractivity contribution in [3.8, 4) is 11.6 Å². The molecule has 1 aromatic carbocycles. The normalized spacial score (nSPS) is 17.9. The van der Waals surface area contributed by atoms with Crippen molar-refractivity contribution < 1.29 is 19.1 Å². The van der Waals surface area contributed by atoms with Crippen molar-refractivity contribution in [2.45, 2.75) is 31.3 Å². The minimum atomic E-state index is -0.326. The Morgan fingerprint density at radius 2 is 2.03 bits per heavy atom. The summed E-state index contributed by atoms with van der Waals surface area (Å²) in [5.74, 6) is 1.07. The Morgan fingerprint density at radius 3 is 2.76 bits per heavy atom. The van der Waals surface area contributed by atoms with E-state index >= 15 is 0 Å². The zero-order chi connectivity index (χ0) is 25.9. The lowest BCUT2D eigenvalue weighted by Crippen LogP contribution is -2.40. The second-order valence-corrected chi connectivity index (χ2v) is 11.6. The number of oxime groups is 1. The van der Waals surface area contributed by atoms with Gasteiger partial charge in [-0.05, 0) is 47.6 Å². The quantitative estimate of drug-likeness (QED) is 0.282. The Morgan fingerprint density at radius 1 is 1.27 bits per heavy atom. The highest BCUT2D eigenvalue weighted by atomic mass is 127. The predicted molar refractivity (Wildman–Crippen MR) is 151 cm³/mol. The summed E-state index contributed by atoms with van der Waals surface area (Å²) in [6.07, 6.45) is 3.59. The van der Waals surface area contributed by atoms with E-state index < -0.39 is 0 Å². The van der Waals surface area contributed by atoms with Gasteiger partial charge in [0.15, 0.2) is 18.5 Å². The van der Waals surface area contributed by atoms with Gasteiger partial charge in [-0.25, -0.2) is 9.97 Å². The molecule has 37 heavy (non-hydrogen) atoms. The molecular formula is C25H23Cl2IN4O4S. The molecule has 0 aliphatic carbocycles. The summed E-state index contributed by atoms with van der Waals surface area (Å²) in [5.41, 5.74) is 2.35. The van der Waals surface area contributed by atoms with Gasteiger partial charge in [0.05, 0.1) is 17.8 Å². The largest absolute Gasteiger partial charge is 0.478 e. The van der Waals surface area contributed by atoms with E-state index in [-0.39, 0.29) is 18.6 Å². The summed E-state index contributed by atoms with van der Waals surface area (Å²) in [4.78, 5) is 29.3. The second-order valence-electron chi connectivity index (χ2n) is 8.65. The van der Waals surface area contributed by atoms with Crippen molar-refractivity contribution >= 4 is 68.7 Å². The first-order valence-electron chi connectivity index (χ1n) is 11.7. The van der Waals surface area contributed by atoms with Gasteiger partial charge < -0.3 is 19.2 Å². The standard InChI is InChI=1S/C25H23Cl2IN4O4S/c1-34-24-21(9-15(28)11-29-24)35-12-22(33)32-7-5-14(6-8-32)25-30-19(13-37-25)18-10-20(36-31-18)23-16(26)3-2-4-17(23)27/h2-4,9,11,13-14,20H,5-8,10,12H2,1H3. The lowest BCUT2D eigenvalue weighted by molar-refractivity contribution is -0.134. The topological polar surface area (TPSA) is 86.1 Å². The molecule has 2 aromatic heterocycles. The van der Waals surface area contributed by atoms with Crippen LogP contribution in [0.15, 0.2) is 41.0 Å². The van der Waals surface area contributed by atoms with Crippen molar-refractivity contribution in [1.29, 1.82) is 0 Å². The fourth-order valence-corrected chi connectivity index (χ4v) is 6.44. The average Bonchev–Trinajstić information content (AvgIpc) is 3.58. The number of hydrogen-bond donors (Lipinski definition) is 0. The van der Waals surface area contributed by atoms with Crippen molar-refractivity contribution in [2.24, 2.45) is 5.16 Å². The summed E-state index contributed by atoms with van der Waals surface area (Å²) in [5, 5.41) is 8.46. The monoisotopic (exact) mass is 672 g/mol. The number of likely N-dealkylation sites (tertiary alicyclic amines) is 1. The van der Waals surface area contributed by atoms with Gasteiger partial charge in [0, 0.05) is 62.3 Å². The molecule has 12 heteroatoms. The second kappa shape index (κ2) is 11.7. The minimum absolute atomic E-state index is 0.0547. The molecule has 0 bridgehead atoms. The summed E-state index contributed by atoms with van der Waals surface area (Å²) >= 11 is 16.4. The molecular weight excluding hydrogens is 650 g/mol. The zero-order valence-electron chi connectivity index (χ0n) is 19.8. The molecule has 1 saturated heterocycles. The molecule has 0 saturated carbocycles. The van der Waals surface area contributed by atoms with E-state index in [2.05, 4.69) is 32.7 Å². The third-order valence-electron chi connectivity index (χ3n) is 6.33. The van der Waals surface area contributed by atoms with E-state index in [1.54, 1.807) is 35.7 Å². The molecule has 3 aromatic rings. The summed E-state index contributed by atoms with van der Waals surface area (Å²) in [6, 6.07) is 7.20. The number of rotatable bonds is 7. The van der Waals surface area contributed by atoms with Gasteiger partial charge in [0.2, 0.25) is 0 Å². The van der Waals surface area contributed by atoms with Gasteiger partial charge in [-0.15, -0.1) is 11.3 Å². The van der Waals surface area contributed by atoms with Gasteiger partial charge in [-0.2, -0.15) is 0 Å². The van der Waals surface area contributed by atoms with Crippen LogP contribution in [0.2, 0.25) is 10.0 Å². The summed E-state index contributed by atoms with van der Waals surface area (Å²) in [6.45, 7) is 1.25. The number of halogens is 3. The lowest BCUT2D eigenvalue weighted by atomic mass is 9.97. The fraction of sp³-hybridized carbons (Fsp3) is 0.360. The minimum Gasteiger partial charge on any atom is -0.478 e. The number of nitrogens with zero attached hydrogens (tertiary/aromatic N) is 4. The molecule has 1 fully saturated rings. The van der Waals surface area contributed by atoms with Gasteiger partial charge in [0.1, 0.15) is 5.71 Å². The smallest absolute Gasteiger partial charge is 0.260 e. The van der Waals surface area contributed by atoms with Crippen molar-refractivity contribution in [3.05, 3.63) is 65.7 Å². The van der Waals surface area contributed by atoms with Crippen LogP contribution in [0.1, 0.15) is 47.5 Å². The van der Waals surface area contributed by atoms with Gasteiger partial charge in [-0.1, -0.05) is 34.4 Å². The Bertz CT molecular complexity index is 1310. The van der Waals surface area contributed by atoms with Crippen LogP contribution in [-0.2, 0) is 9.63 Å². The van der Waals surface area contributed by atoms with Crippen LogP contribution >= 0.6 is 57.1 Å². The Labute approximate surface area is 242 Å².